The maximum absolute atomic E-state index is 11.3. The Balaban J connectivity index is 1.82. The van der Waals surface area contributed by atoms with Crippen LogP contribution in [0.15, 0.2) is 0 Å². The van der Waals surface area contributed by atoms with Crippen LogP contribution in [0.25, 0.3) is 0 Å². The molecule has 5 heteroatoms. The first kappa shape index (κ1) is 18.8. The third-order valence-electron chi connectivity index (χ3n) is 4.16. The van der Waals surface area contributed by atoms with E-state index in [-0.39, 0.29) is 19.2 Å². The van der Waals surface area contributed by atoms with Crippen LogP contribution in [-0.2, 0) is 14.3 Å². The minimum atomic E-state index is -0.436. The van der Waals surface area contributed by atoms with E-state index in [1.165, 1.54) is 58.3 Å². The summed E-state index contributed by atoms with van der Waals surface area (Å²) >= 11 is 0. The third-order valence-corrected chi connectivity index (χ3v) is 4.16. The average molecular weight is 313 g/mol. The molecule has 0 unspecified atom stereocenters. The Kier molecular flexibility index (Phi) is 10.5. The van der Waals surface area contributed by atoms with Crippen molar-refractivity contribution >= 4 is 12.1 Å². The average Bonchev–Trinajstić information content (AvgIpc) is 2.51. The van der Waals surface area contributed by atoms with Crippen molar-refractivity contribution in [1.82, 2.24) is 5.32 Å². The van der Waals surface area contributed by atoms with Gasteiger partial charge in [0.25, 0.3) is 0 Å². The number of nitrogens with one attached hydrogen (secondary N) is 1. The van der Waals surface area contributed by atoms with Crippen LogP contribution < -0.4 is 5.32 Å². The van der Waals surface area contributed by atoms with E-state index in [4.69, 9.17) is 4.74 Å². The van der Waals surface area contributed by atoms with Gasteiger partial charge in [0.15, 0.2) is 0 Å². The van der Waals surface area contributed by atoms with Crippen molar-refractivity contribution < 1.29 is 19.1 Å². The number of unbranched alkanes of at least 4 members (excludes halogenated alkanes) is 3. The van der Waals surface area contributed by atoms with Gasteiger partial charge in [-0.25, -0.2) is 4.79 Å². The van der Waals surface area contributed by atoms with Crippen LogP contribution in [0.4, 0.5) is 4.79 Å². The zero-order valence-electron chi connectivity index (χ0n) is 13.9. The third kappa shape index (κ3) is 10.5. The second-order valence-corrected chi connectivity index (χ2v) is 6.11. The van der Waals surface area contributed by atoms with Crippen molar-refractivity contribution in [1.29, 1.82) is 0 Å². The van der Waals surface area contributed by atoms with E-state index in [1.807, 2.05) is 0 Å². The molecular formula is C17H31NO4. The highest BCUT2D eigenvalue weighted by Crippen LogP contribution is 2.27. The maximum Gasteiger partial charge on any atom is 0.407 e. The Labute approximate surface area is 134 Å². The first-order chi connectivity index (χ1) is 10.7. The molecule has 1 fully saturated rings. The summed E-state index contributed by atoms with van der Waals surface area (Å²) in [6.07, 6.45) is 12.8. The van der Waals surface area contributed by atoms with Gasteiger partial charge >= 0.3 is 12.1 Å². The molecule has 0 atom stereocenters. The molecule has 0 heterocycles. The summed E-state index contributed by atoms with van der Waals surface area (Å²) in [6, 6.07) is 0. The smallest absolute Gasteiger partial charge is 0.407 e. The number of hydrogen-bond donors (Lipinski definition) is 1. The minimum absolute atomic E-state index is 0.104. The molecule has 0 radical (unpaired) electrons. The van der Waals surface area contributed by atoms with Gasteiger partial charge < -0.3 is 14.8 Å². The van der Waals surface area contributed by atoms with E-state index in [2.05, 4.69) is 10.1 Å². The molecule has 0 aromatic carbocycles. The van der Waals surface area contributed by atoms with Crippen LogP contribution in [0.2, 0.25) is 0 Å². The molecule has 1 rings (SSSR count). The quantitative estimate of drug-likeness (QED) is 0.492. The summed E-state index contributed by atoms with van der Waals surface area (Å²) < 4.78 is 9.54. The van der Waals surface area contributed by atoms with E-state index < -0.39 is 6.09 Å². The number of carbonyl (C=O) groups is 2. The topological polar surface area (TPSA) is 64.6 Å². The Hall–Kier alpha value is -1.26. The summed E-state index contributed by atoms with van der Waals surface area (Å²) in [7, 11) is 0. The Morgan fingerprint density at radius 2 is 1.64 bits per heavy atom. The Bertz CT molecular complexity index is 314. The molecule has 0 saturated heterocycles. The fraction of sp³-hybridized carbons (Fsp3) is 0.882. The zero-order chi connectivity index (χ0) is 16.0. The van der Waals surface area contributed by atoms with Crippen molar-refractivity contribution in [3.05, 3.63) is 0 Å². The largest absolute Gasteiger partial charge is 0.462 e. The standard InChI is InChI=1S/C17H31NO4/c1-15(19)21-13-14-22-17(20)18-12-8-3-2-5-9-16-10-6-4-7-11-16/h16H,2-14H2,1H3,(H,18,20). The van der Waals surface area contributed by atoms with Crippen molar-refractivity contribution in [3.63, 3.8) is 0 Å². The zero-order valence-corrected chi connectivity index (χ0v) is 13.9. The lowest BCUT2D eigenvalue weighted by Crippen LogP contribution is -2.26. The van der Waals surface area contributed by atoms with Crippen LogP contribution in [0.1, 0.15) is 71.1 Å². The summed E-state index contributed by atoms with van der Waals surface area (Å²) in [5.41, 5.74) is 0. The first-order valence-electron chi connectivity index (χ1n) is 8.72. The second-order valence-electron chi connectivity index (χ2n) is 6.11. The molecule has 0 aliphatic heterocycles. The van der Waals surface area contributed by atoms with Gasteiger partial charge in [0.2, 0.25) is 0 Å². The molecule has 22 heavy (non-hydrogen) atoms. The maximum atomic E-state index is 11.3. The van der Waals surface area contributed by atoms with Crippen molar-refractivity contribution in [3.8, 4) is 0 Å². The number of alkyl carbamates (subject to hydrolysis) is 1. The predicted octanol–water partition coefficient (Wildman–Crippen LogP) is 3.81. The second kappa shape index (κ2) is 12.3. The molecule has 128 valence electrons. The van der Waals surface area contributed by atoms with E-state index in [0.29, 0.717) is 6.54 Å². The first-order valence-corrected chi connectivity index (χ1v) is 8.72. The van der Waals surface area contributed by atoms with Crippen molar-refractivity contribution in [2.24, 2.45) is 5.92 Å². The molecule has 0 spiro atoms. The number of esters is 1. The number of rotatable bonds is 10. The monoisotopic (exact) mass is 313 g/mol. The van der Waals surface area contributed by atoms with Gasteiger partial charge in [0, 0.05) is 13.5 Å². The SMILES string of the molecule is CC(=O)OCCOC(=O)NCCCCCCC1CCCCC1. The van der Waals surface area contributed by atoms with Crippen LogP contribution in [0.3, 0.4) is 0 Å². The fourth-order valence-corrected chi connectivity index (χ4v) is 2.95. The molecule has 1 amide bonds. The van der Waals surface area contributed by atoms with Gasteiger partial charge in [-0.05, 0) is 12.3 Å². The predicted molar refractivity (Wildman–Crippen MR) is 85.6 cm³/mol. The highest BCUT2D eigenvalue weighted by molar-refractivity contribution is 5.67. The van der Waals surface area contributed by atoms with E-state index >= 15 is 0 Å². The number of carbonyl (C=O) groups excluding carboxylic acids is 2. The van der Waals surface area contributed by atoms with Crippen molar-refractivity contribution in [2.75, 3.05) is 19.8 Å². The Morgan fingerprint density at radius 1 is 0.955 bits per heavy atom. The van der Waals surface area contributed by atoms with Crippen LogP contribution in [-0.4, -0.2) is 31.8 Å². The van der Waals surface area contributed by atoms with Crippen LogP contribution in [0, 0.1) is 5.92 Å². The molecule has 1 saturated carbocycles. The summed E-state index contributed by atoms with van der Waals surface area (Å²) in [4.78, 5) is 21.8. The fourth-order valence-electron chi connectivity index (χ4n) is 2.95. The molecular weight excluding hydrogens is 282 g/mol. The number of hydrogen-bond acceptors (Lipinski definition) is 4. The normalized spacial score (nSPS) is 15.3. The molecule has 0 bridgehead atoms. The van der Waals surface area contributed by atoms with Gasteiger partial charge in [-0.2, -0.15) is 0 Å². The lowest BCUT2D eigenvalue weighted by molar-refractivity contribution is -0.141. The number of amides is 1. The highest BCUT2D eigenvalue weighted by atomic mass is 16.6. The molecule has 5 nitrogen and oxygen atoms in total. The minimum Gasteiger partial charge on any atom is -0.462 e. The molecule has 0 aromatic rings. The van der Waals surface area contributed by atoms with E-state index in [0.717, 1.165) is 18.8 Å². The lowest BCUT2D eigenvalue weighted by atomic mass is 9.85. The molecule has 1 N–H and O–H groups in total. The number of ether oxygens (including phenoxy) is 2. The summed E-state index contributed by atoms with van der Waals surface area (Å²) in [5, 5.41) is 2.71. The molecule has 1 aliphatic rings. The molecule has 1 aliphatic carbocycles. The lowest BCUT2D eigenvalue weighted by Gasteiger charge is -2.21. The summed E-state index contributed by atoms with van der Waals surface area (Å²) in [6.45, 7) is 2.20. The van der Waals surface area contributed by atoms with Gasteiger partial charge in [-0.1, -0.05) is 57.8 Å². The van der Waals surface area contributed by atoms with E-state index in [9.17, 15) is 9.59 Å². The summed E-state index contributed by atoms with van der Waals surface area (Å²) in [5.74, 6) is 0.608. The highest BCUT2D eigenvalue weighted by Gasteiger charge is 2.12. The van der Waals surface area contributed by atoms with Crippen LogP contribution in [0.5, 0.6) is 0 Å². The molecule has 0 aromatic heterocycles. The Morgan fingerprint density at radius 3 is 2.36 bits per heavy atom. The van der Waals surface area contributed by atoms with Gasteiger partial charge in [-0.15, -0.1) is 0 Å². The van der Waals surface area contributed by atoms with Gasteiger partial charge in [-0.3, -0.25) is 4.79 Å². The van der Waals surface area contributed by atoms with Crippen LogP contribution >= 0.6 is 0 Å². The van der Waals surface area contributed by atoms with Gasteiger partial charge in [0.1, 0.15) is 13.2 Å². The van der Waals surface area contributed by atoms with Crippen molar-refractivity contribution in [2.45, 2.75) is 71.1 Å². The van der Waals surface area contributed by atoms with Gasteiger partial charge in [0.05, 0.1) is 0 Å². The van der Waals surface area contributed by atoms with E-state index in [1.54, 1.807) is 0 Å².